The van der Waals surface area contributed by atoms with E-state index in [0.29, 0.717) is 48.9 Å². The highest BCUT2D eigenvalue weighted by molar-refractivity contribution is 6.42. The number of oxazole rings is 1. The van der Waals surface area contributed by atoms with E-state index in [-0.39, 0.29) is 5.91 Å². The van der Waals surface area contributed by atoms with Crippen LogP contribution < -0.4 is 5.32 Å². The van der Waals surface area contributed by atoms with Crippen LogP contribution in [0.2, 0.25) is 15.1 Å². The van der Waals surface area contributed by atoms with Crippen molar-refractivity contribution in [3.63, 3.8) is 0 Å². The van der Waals surface area contributed by atoms with E-state index in [1.165, 1.54) is 0 Å². The van der Waals surface area contributed by atoms with Crippen LogP contribution in [-0.4, -0.2) is 10.9 Å². The zero-order chi connectivity index (χ0) is 19.0. The summed E-state index contributed by atoms with van der Waals surface area (Å²) in [6, 6.07) is 17.2. The van der Waals surface area contributed by atoms with E-state index in [1.807, 2.05) is 0 Å². The zero-order valence-corrected chi connectivity index (χ0v) is 15.9. The molecule has 0 unspecified atom stereocenters. The zero-order valence-electron chi connectivity index (χ0n) is 13.7. The Balaban J connectivity index is 1.64. The van der Waals surface area contributed by atoms with E-state index >= 15 is 0 Å². The molecule has 1 aromatic heterocycles. The molecule has 3 aromatic carbocycles. The molecule has 134 valence electrons. The van der Waals surface area contributed by atoms with Gasteiger partial charge in [-0.1, -0.05) is 46.9 Å². The third kappa shape index (κ3) is 3.65. The highest BCUT2D eigenvalue weighted by Crippen LogP contribution is 2.31. The molecule has 0 aliphatic carbocycles. The van der Waals surface area contributed by atoms with Crippen LogP contribution in [0.5, 0.6) is 0 Å². The highest BCUT2D eigenvalue weighted by Gasteiger charge is 2.13. The van der Waals surface area contributed by atoms with Crippen molar-refractivity contribution in [1.82, 2.24) is 4.98 Å². The first kappa shape index (κ1) is 17.9. The van der Waals surface area contributed by atoms with Gasteiger partial charge in [0.05, 0.1) is 20.6 Å². The fourth-order valence-electron chi connectivity index (χ4n) is 2.60. The molecule has 4 rings (SSSR count). The summed E-state index contributed by atoms with van der Waals surface area (Å²) in [7, 11) is 0. The number of carbonyl (C=O) groups excluding carboxylic acids is 1. The van der Waals surface area contributed by atoms with Crippen molar-refractivity contribution in [3.05, 3.63) is 81.3 Å². The molecule has 4 nitrogen and oxygen atoms in total. The van der Waals surface area contributed by atoms with Crippen molar-refractivity contribution in [2.24, 2.45) is 0 Å². The lowest BCUT2D eigenvalue weighted by Gasteiger charge is -2.06. The Labute approximate surface area is 169 Å². The number of hydrogen-bond donors (Lipinski definition) is 1. The van der Waals surface area contributed by atoms with Gasteiger partial charge in [0, 0.05) is 11.3 Å². The maximum absolute atomic E-state index is 12.4. The predicted octanol–water partition coefficient (Wildman–Crippen LogP) is 6.71. The van der Waals surface area contributed by atoms with Gasteiger partial charge in [0.25, 0.3) is 5.91 Å². The number of halogens is 3. The molecule has 0 saturated heterocycles. The van der Waals surface area contributed by atoms with Crippen LogP contribution >= 0.6 is 34.8 Å². The molecule has 1 N–H and O–H groups in total. The van der Waals surface area contributed by atoms with Crippen LogP contribution in [0.1, 0.15) is 10.4 Å². The molecular formula is C20H11Cl3N2O2. The van der Waals surface area contributed by atoms with Gasteiger partial charge in [-0.3, -0.25) is 4.79 Å². The van der Waals surface area contributed by atoms with Gasteiger partial charge >= 0.3 is 0 Å². The molecule has 7 heteroatoms. The van der Waals surface area contributed by atoms with Gasteiger partial charge in [-0.25, -0.2) is 4.98 Å². The fourth-order valence-corrected chi connectivity index (χ4v) is 3.12. The molecule has 0 fully saturated rings. The first-order valence-corrected chi connectivity index (χ1v) is 9.06. The van der Waals surface area contributed by atoms with Gasteiger partial charge in [0.1, 0.15) is 5.52 Å². The summed E-state index contributed by atoms with van der Waals surface area (Å²) in [6.45, 7) is 0. The Bertz CT molecular complexity index is 1170. The van der Waals surface area contributed by atoms with Crippen molar-refractivity contribution in [1.29, 1.82) is 0 Å². The van der Waals surface area contributed by atoms with Crippen LogP contribution in [0, 0.1) is 0 Å². The Morgan fingerprint density at radius 2 is 1.70 bits per heavy atom. The Kier molecular flexibility index (Phi) is 4.79. The molecule has 0 bridgehead atoms. The summed E-state index contributed by atoms with van der Waals surface area (Å²) >= 11 is 18.1. The van der Waals surface area contributed by atoms with Crippen molar-refractivity contribution in [2.45, 2.75) is 0 Å². The van der Waals surface area contributed by atoms with Crippen molar-refractivity contribution in [2.75, 3.05) is 5.32 Å². The molecule has 27 heavy (non-hydrogen) atoms. The van der Waals surface area contributed by atoms with E-state index in [1.54, 1.807) is 60.7 Å². The standard InChI is InChI=1S/C20H11Cl3N2O2/c21-14-4-2-1-3-13(14)19(26)24-12-6-8-18-17(10-12)25-20(27-18)11-5-7-15(22)16(23)9-11/h1-10H,(H,24,26). The van der Waals surface area contributed by atoms with Gasteiger partial charge in [-0.05, 0) is 48.5 Å². The minimum Gasteiger partial charge on any atom is -0.436 e. The Hall–Kier alpha value is -2.53. The molecule has 0 aliphatic heterocycles. The summed E-state index contributed by atoms with van der Waals surface area (Å²) in [5, 5.41) is 4.08. The smallest absolute Gasteiger partial charge is 0.257 e. The Morgan fingerprint density at radius 3 is 2.48 bits per heavy atom. The van der Waals surface area contributed by atoms with Gasteiger partial charge in [-0.2, -0.15) is 0 Å². The summed E-state index contributed by atoms with van der Waals surface area (Å²) < 4.78 is 5.77. The number of nitrogens with one attached hydrogen (secondary N) is 1. The molecule has 0 atom stereocenters. The Morgan fingerprint density at radius 1 is 0.889 bits per heavy atom. The molecule has 0 aliphatic rings. The van der Waals surface area contributed by atoms with E-state index < -0.39 is 0 Å². The third-order valence-electron chi connectivity index (χ3n) is 3.93. The number of carbonyl (C=O) groups is 1. The topological polar surface area (TPSA) is 55.1 Å². The normalized spacial score (nSPS) is 10.9. The number of nitrogens with zero attached hydrogens (tertiary/aromatic N) is 1. The second-order valence-corrected chi connectivity index (χ2v) is 6.99. The maximum atomic E-state index is 12.4. The summed E-state index contributed by atoms with van der Waals surface area (Å²) in [6.07, 6.45) is 0. The lowest BCUT2D eigenvalue weighted by Crippen LogP contribution is -2.12. The quantitative estimate of drug-likeness (QED) is 0.403. The second kappa shape index (κ2) is 7.24. The summed E-state index contributed by atoms with van der Waals surface area (Å²) in [5.74, 6) is 0.117. The van der Waals surface area contributed by atoms with Gasteiger partial charge < -0.3 is 9.73 Å². The van der Waals surface area contributed by atoms with Crippen molar-refractivity contribution in [3.8, 4) is 11.5 Å². The SMILES string of the molecule is O=C(Nc1ccc2oc(-c3ccc(Cl)c(Cl)c3)nc2c1)c1ccccc1Cl. The van der Waals surface area contributed by atoms with Crippen LogP contribution in [0.4, 0.5) is 5.69 Å². The maximum Gasteiger partial charge on any atom is 0.257 e. The second-order valence-electron chi connectivity index (χ2n) is 5.76. The first-order valence-electron chi connectivity index (χ1n) is 7.93. The number of hydrogen-bond acceptors (Lipinski definition) is 3. The van der Waals surface area contributed by atoms with Crippen molar-refractivity contribution >= 4 is 57.5 Å². The average Bonchev–Trinajstić information content (AvgIpc) is 3.07. The largest absolute Gasteiger partial charge is 0.436 e. The lowest BCUT2D eigenvalue weighted by atomic mass is 10.2. The number of fused-ring (bicyclic) bond motifs is 1. The summed E-state index contributed by atoms with van der Waals surface area (Å²) in [5.41, 5.74) is 2.89. The van der Waals surface area contributed by atoms with Crippen LogP contribution in [0.15, 0.2) is 65.1 Å². The number of anilines is 1. The third-order valence-corrected chi connectivity index (χ3v) is 5.00. The fraction of sp³-hybridized carbons (Fsp3) is 0. The molecular weight excluding hydrogens is 407 g/mol. The van der Waals surface area contributed by atoms with Crippen LogP contribution in [0.3, 0.4) is 0 Å². The monoisotopic (exact) mass is 416 g/mol. The molecule has 0 spiro atoms. The highest BCUT2D eigenvalue weighted by atomic mass is 35.5. The van der Waals surface area contributed by atoms with E-state index in [2.05, 4.69) is 10.3 Å². The van der Waals surface area contributed by atoms with Crippen LogP contribution in [0.25, 0.3) is 22.6 Å². The van der Waals surface area contributed by atoms with E-state index in [4.69, 9.17) is 39.2 Å². The van der Waals surface area contributed by atoms with Crippen LogP contribution in [-0.2, 0) is 0 Å². The van der Waals surface area contributed by atoms with Crippen molar-refractivity contribution < 1.29 is 9.21 Å². The number of aromatic nitrogens is 1. The summed E-state index contributed by atoms with van der Waals surface area (Å²) in [4.78, 5) is 16.9. The van der Waals surface area contributed by atoms with Gasteiger partial charge in [0.15, 0.2) is 5.58 Å². The molecule has 0 radical (unpaired) electrons. The molecule has 0 saturated carbocycles. The minimum atomic E-state index is -0.298. The minimum absolute atomic E-state index is 0.298. The molecule has 1 amide bonds. The van der Waals surface area contributed by atoms with E-state index in [9.17, 15) is 4.79 Å². The predicted molar refractivity (Wildman–Crippen MR) is 109 cm³/mol. The number of rotatable bonds is 3. The van der Waals surface area contributed by atoms with E-state index in [0.717, 1.165) is 0 Å². The first-order chi connectivity index (χ1) is 13.0. The van der Waals surface area contributed by atoms with Gasteiger partial charge in [-0.15, -0.1) is 0 Å². The molecule has 1 heterocycles. The molecule has 4 aromatic rings. The number of benzene rings is 3. The average molecular weight is 418 g/mol. The van der Waals surface area contributed by atoms with Gasteiger partial charge in [0.2, 0.25) is 5.89 Å². The number of amides is 1. The lowest BCUT2D eigenvalue weighted by molar-refractivity contribution is 0.102.